The number of likely N-dealkylation sites (N-methyl/N-ethyl adjacent to an activating group) is 1. The highest BCUT2D eigenvalue weighted by Gasteiger charge is 2.27. The van der Waals surface area contributed by atoms with Gasteiger partial charge in [-0.05, 0) is 39.7 Å². The topological polar surface area (TPSA) is 38.5 Å². The summed E-state index contributed by atoms with van der Waals surface area (Å²) in [6, 6.07) is 1.10. The van der Waals surface area contributed by atoms with Crippen molar-refractivity contribution in [2.75, 3.05) is 26.8 Å². The Morgan fingerprint density at radius 2 is 1.93 bits per heavy atom. The molecule has 0 aromatic carbocycles. The molecule has 0 aromatic rings. The van der Waals surface area contributed by atoms with Gasteiger partial charge in [0.25, 0.3) is 0 Å². The summed E-state index contributed by atoms with van der Waals surface area (Å²) >= 11 is 0. The Balaban J connectivity index is 2.50. The molecule has 1 atom stereocenters. The molecule has 1 fully saturated rings. The summed E-state index contributed by atoms with van der Waals surface area (Å²) in [7, 11) is 2.18. The number of hydrogen-bond acceptors (Lipinski definition) is 3. The largest absolute Gasteiger partial charge is 0.381 e. The van der Waals surface area contributed by atoms with E-state index in [-0.39, 0.29) is 0 Å². The zero-order valence-electron chi connectivity index (χ0n) is 9.70. The molecule has 0 amide bonds. The van der Waals surface area contributed by atoms with Crippen LogP contribution in [0.4, 0.5) is 0 Å². The van der Waals surface area contributed by atoms with E-state index in [1.54, 1.807) is 0 Å². The number of rotatable bonds is 4. The maximum absolute atomic E-state index is 5.86. The molecular formula is C11H24N2O. The normalized spacial score (nSPS) is 21.9. The van der Waals surface area contributed by atoms with E-state index in [2.05, 4.69) is 25.8 Å². The number of nitrogens with zero attached hydrogens (tertiary/aromatic N) is 1. The van der Waals surface area contributed by atoms with E-state index in [0.717, 1.165) is 25.7 Å². The maximum atomic E-state index is 5.86. The monoisotopic (exact) mass is 200 g/mol. The van der Waals surface area contributed by atoms with Crippen LogP contribution in [-0.2, 0) is 4.74 Å². The first-order valence-corrected chi connectivity index (χ1v) is 5.66. The Morgan fingerprint density at radius 3 is 2.36 bits per heavy atom. The Hall–Kier alpha value is -0.120. The van der Waals surface area contributed by atoms with Crippen molar-refractivity contribution in [3.63, 3.8) is 0 Å². The first-order chi connectivity index (χ1) is 6.66. The van der Waals surface area contributed by atoms with Crippen LogP contribution in [-0.4, -0.2) is 43.8 Å². The number of nitrogens with two attached hydrogens (primary N) is 1. The predicted octanol–water partition coefficient (Wildman–Crippen LogP) is 1.08. The average molecular weight is 200 g/mol. The van der Waals surface area contributed by atoms with Crippen LogP contribution in [0, 0.1) is 5.92 Å². The highest BCUT2D eigenvalue weighted by molar-refractivity contribution is 4.81. The third kappa shape index (κ3) is 2.94. The summed E-state index contributed by atoms with van der Waals surface area (Å²) in [6.07, 6.45) is 2.33. The third-order valence-electron chi connectivity index (χ3n) is 3.39. The van der Waals surface area contributed by atoms with Crippen LogP contribution in [0.5, 0.6) is 0 Å². The molecule has 0 bridgehead atoms. The van der Waals surface area contributed by atoms with Crippen LogP contribution in [0.2, 0.25) is 0 Å². The van der Waals surface area contributed by atoms with Gasteiger partial charge in [-0.15, -0.1) is 0 Å². The van der Waals surface area contributed by atoms with Crippen molar-refractivity contribution >= 4 is 0 Å². The molecule has 2 N–H and O–H groups in total. The summed E-state index contributed by atoms with van der Waals surface area (Å²) in [5.74, 6) is 0.723. The van der Waals surface area contributed by atoms with Crippen LogP contribution in [0.25, 0.3) is 0 Å². The molecule has 1 saturated heterocycles. The van der Waals surface area contributed by atoms with E-state index in [9.17, 15) is 0 Å². The summed E-state index contributed by atoms with van der Waals surface area (Å²) in [4.78, 5) is 2.40. The van der Waals surface area contributed by atoms with Crippen molar-refractivity contribution in [1.82, 2.24) is 4.90 Å². The molecule has 1 rings (SSSR count). The second kappa shape index (κ2) is 5.69. The minimum absolute atomic E-state index is 0.527. The van der Waals surface area contributed by atoms with Gasteiger partial charge in [-0.3, -0.25) is 4.90 Å². The number of ether oxygens (including phenoxy) is 1. The lowest BCUT2D eigenvalue weighted by Gasteiger charge is -2.38. The summed E-state index contributed by atoms with van der Waals surface area (Å²) in [5.41, 5.74) is 5.86. The lowest BCUT2D eigenvalue weighted by Crippen LogP contribution is -2.48. The second-order valence-corrected chi connectivity index (χ2v) is 4.51. The fourth-order valence-corrected chi connectivity index (χ4v) is 2.17. The lowest BCUT2D eigenvalue weighted by atomic mass is 9.90. The van der Waals surface area contributed by atoms with Crippen molar-refractivity contribution in [2.45, 2.75) is 38.8 Å². The molecule has 3 nitrogen and oxygen atoms in total. The van der Waals surface area contributed by atoms with Gasteiger partial charge < -0.3 is 10.5 Å². The van der Waals surface area contributed by atoms with Crippen LogP contribution < -0.4 is 5.73 Å². The van der Waals surface area contributed by atoms with E-state index in [0.29, 0.717) is 12.1 Å². The lowest BCUT2D eigenvalue weighted by molar-refractivity contribution is 0.0272. The molecule has 0 aliphatic carbocycles. The maximum Gasteiger partial charge on any atom is 0.0469 e. The molecule has 1 heterocycles. The number of hydrogen-bond donors (Lipinski definition) is 1. The first kappa shape index (κ1) is 12.0. The van der Waals surface area contributed by atoms with Crippen LogP contribution in [0.15, 0.2) is 0 Å². The van der Waals surface area contributed by atoms with Gasteiger partial charge in [-0.1, -0.05) is 0 Å². The van der Waals surface area contributed by atoms with Crippen molar-refractivity contribution < 1.29 is 4.74 Å². The van der Waals surface area contributed by atoms with E-state index in [1.165, 1.54) is 12.8 Å². The molecule has 0 aromatic heterocycles. The SMILES string of the molecule is CC(C)N(C)C(CN)C1CCOCC1. The van der Waals surface area contributed by atoms with Gasteiger partial charge in [-0.2, -0.15) is 0 Å². The molecule has 3 heteroatoms. The smallest absolute Gasteiger partial charge is 0.0469 e. The minimum atomic E-state index is 0.527. The minimum Gasteiger partial charge on any atom is -0.381 e. The molecule has 14 heavy (non-hydrogen) atoms. The molecule has 0 radical (unpaired) electrons. The van der Waals surface area contributed by atoms with Crippen molar-refractivity contribution in [3.8, 4) is 0 Å². The molecular weight excluding hydrogens is 176 g/mol. The molecule has 1 aliphatic rings. The second-order valence-electron chi connectivity index (χ2n) is 4.51. The van der Waals surface area contributed by atoms with Gasteiger partial charge in [0.15, 0.2) is 0 Å². The van der Waals surface area contributed by atoms with Crippen molar-refractivity contribution in [2.24, 2.45) is 11.7 Å². The Morgan fingerprint density at radius 1 is 1.36 bits per heavy atom. The van der Waals surface area contributed by atoms with Gasteiger partial charge in [0.2, 0.25) is 0 Å². The molecule has 84 valence electrons. The standard InChI is InChI=1S/C11H24N2O/c1-9(2)13(3)11(8-12)10-4-6-14-7-5-10/h9-11H,4-8,12H2,1-3H3. The highest BCUT2D eigenvalue weighted by atomic mass is 16.5. The zero-order chi connectivity index (χ0) is 10.6. The quantitative estimate of drug-likeness (QED) is 0.738. The van der Waals surface area contributed by atoms with Crippen LogP contribution in [0.3, 0.4) is 0 Å². The Kier molecular flexibility index (Phi) is 4.85. The average Bonchev–Trinajstić information content (AvgIpc) is 2.20. The fourth-order valence-electron chi connectivity index (χ4n) is 2.17. The van der Waals surface area contributed by atoms with Crippen molar-refractivity contribution in [1.29, 1.82) is 0 Å². The zero-order valence-corrected chi connectivity index (χ0v) is 9.70. The van der Waals surface area contributed by atoms with E-state index < -0.39 is 0 Å². The van der Waals surface area contributed by atoms with E-state index >= 15 is 0 Å². The van der Waals surface area contributed by atoms with Crippen LogP contribution >= 0.6 is 0 Å². The Labute approximate surface area is 87.6 Å². The first-order valence-electron chi connectivity index (χ1n) is 5.66. The summed E-state index contributed by atoms with van der Waals surface area (Å²) < 4.78 is 5.38. The summed E-state index contributed by atoms with van der Waals surface area (Å²) in [5, 5.41) is 0. The third-order valence-corrected chi connectivity index (χ3v) is 3.39. The highest BCUT2D eigenvalue weighted by Crippen LogP contribution is 2.22. The van der Waals surface area contributed by atoms with E-state index in [4.69, 9.17) is 10.5 Å². The fraction of sp³-hybridized carbons (Fsp3) is 1.00. The molecule has 1 aliphatic heterocycles. The summed E-state index contributed by atoms with van der Waals surface area (Å²) in [6.45, 7) is 7.03. The Bertz CT molecular complexity index is 155. The molecule has 0 spiro atoms. The van der Waals surface area contributed by atoms with Gasteiger partial charge in [-0.25, -0.2) is 0 Å². The van der Waals surface area contributed by atoms with Gasteiger partial charge in [0.1, 0.15) is 0 Å². The molecule has 0 saturated carbocycles. The van der Waals surface area contributed by atoms with Crippen LogP contribution in [0.1, 0.15) is 26.7 Å². The van der Waals surface area contributed by atoms with Gasteiger partial charge in [0.05, 0.1) is 0 Å². The van der Waals surface area contributed by atoms with Crippen molar-refractivity contribution in [3.05, 3.63) is 0 Å². The van der Waals surface area contributed by atoms with Gasteiger partial charge in [0, 0.05) is 31.8 Å². The predicted molar refractivity (Wildman–Crippen MR) is 59.3 cm³/mol. The van der Waals surface area contributed by atoms with Gasteiger partial charge >= 0.3 is 0 Å². The van der Waals surface area contributed by atoms with E-state index in [1.807, 2.05) is 0 Å². The molecule has 1 unspecified atom stereocenters.